The van der Waals surface area contributed by atoms with Gasteiger partial charge in [-0.2, -0.15) is 0 Å². The Balaban J connectivity index is 2.29. The highest BCUT2D eigenvalue weighted by molar-refractivity contribution is 9.10. The lowest BCUT2D eigenvalue weighted by Crippen LogP contribution is -2.17. The van der Waals surface area contributed by atoms with Gasteiger partial charge in [-0.3, -0.25) is 9.78 Å². The van der Waals surface area contributed by atoms with Gasteiger partial charge >= 0.3 is 0 Å². The molecule has 90 valence electrons. The third-order valence-electron chi connectivity index (χ3n) is 2.70. The Kier molecular flexibility index (Phi) is 2.56. The number of fused-ring (bicyclic) bond motifs is 1. The van der Waals surface area contributed by atoms with E-state index in [4.69, 9.17) is 4.42 Å². The molecule has 3 heterocycles. The monoisotopic (exact) mass is 304 g/mol. The van der Waals surface area contributed by atoms with Gasteiger partial charge in [0.05, 0.1) is 5.56 Å². The first-order valence-electron chi connectivity index (χ1n) is 5.36. The molecule has 0 bridgehead atoms. The summed E-state index contributed by atoms with van der Waals surface area (Å²) in [7, 11) is 1.71. The first-order chi connectivity index (χ1) is 8.65. The highest BCUT2D eigenvalue weighted by Crippen LogP contribution is 2.25. The number of halogens is 1. The van der Waals surface area contributed by atoms with Gasteiger partial charge in [0, 0.05) is 30.0 Å². The standard InChI is InChI=1S/C13H9BrN2O2/c1-16-7-8(14)5-9(13(16)17)12-6-10-11(18-12)3-2-4-15-10/h2-7H,1H3. The maximum Gasteiger partial charge on any atom is 0.261 e. The Labute approximate surface area is 111 Å². The Morgan fingerprint density at radius 1 is 1.39 bits per heavy atom. The summed E-state index contributed by atoms with van der Waals surface area (Å²) in [5.41, 5.74) is 1.84. The van der Waals surface area contributed by atoms with E-state index >= 15 is 0 Å². The lowest BCUT2D eigenvalue weighted by molar-refractivity contribution is 0.628. The third-order valence-corrected chi connectivity index (χ3v) is 3.14. The van der Waals surface area contributed by atoms with Crippen molar-refractivity contribution in [3.63, 3.8) is 0 Å². The van der Waals surface area contributed by atoms with Crippen LogP contribution in [0.3, 0.4) is 0 Å². The summed E-state index contributed by atoms with van der Waals surface area (Å²) >= 11 is 3.37. The van der Waals surface area contributed by atoms with Gasteiger partial charge in [0.25, 0.3) is 5.56 Å². The molecule has 0 saturated carbocycles. The maximum absolute atomic E-state index is 12.1. The van der Waals surface area contributed by atoms with E-state index in [1.807, 2.05) is 6.07 Å². The van der Waals surface area contributed by atoms with Crippen LogP contribution in [0.4, 0.5) is 0 Å². The summed E-state index contributed by atoms with van der Waals surface area (Å²) in [6.45, 7) is 0. The molecule has 4 nitrogen and oxygen atoms in total. The molecule has 0 aliphatic carbocycles. The third kappa shape index (κ3) is 1.76. The minimum absolute atomic E-state index is 0.0998. The van der Waals surface area contributed by atoms with Gasteiger partial charge in [0.1, 0.15) is 11.3 Å². The Morgan fingerprint density at radius 2 is 2.22 bits per heavy atom. The average Bonchev–Trinajstić information content (AvgIpc) is 2.77. The number of pyridine rings is 2. The zero-order chi connectivity index (χ0) is 12.7. The Hall–Kier alpha value is -1.88. The van der Waals surface area contributed by atoms with Crippen LogP contribution in [0.2, 0.25) is 0 Å². The molecule has 0 fully saturated rings. The van der Waals surface area contributed by atoms with Crippen molar-refractivity contribution in [3.05, 3.63) is 51.5 Å². The molecule has 0 aliphatic rings. The quantitative estimate of drug-likeness (QED) is 0.694. The van der Waals surface area contributed by atoms with Gasteiger partial charge in [0.15, 0.2) is 5.58 Å². The predicted octanol–water partition coefficient (Wildman–Crippen LogP) is 2.96. The number of furan rings is 1. The summed E-state index contributed by atoms with van der Waals surface area (Å²) < 4.78 is 7.99. The van der Waals surface area contributed by atoms with Crippen LogP contribution in [0.5, 0.6) is 0 Å². The van der Waals surface area contributed by atoms with Crippen LogP contribution in [0.15, 0.2) is 50.3 Å². The second-order valence-corrected chi connectivity index (χ2v) is 4.90. The van der Waals surface area contributed by atoms with Gasteiger partial charge in [0.2, 0.25) is 0 Å². The van der Waals surface area contributed by atoms with Crippen molar-refractivity contribution in [3.8, 4) is 11.3 Å². The molecular weight excluding hydrogens is 296 g/mol. The molecule has 0 amide bonds. The molecule has 3 aromatic heterocycles. The smallest absolute Gasteiger partial charge is 0.261 e. The van der Waals surface area contributed by atoms with Crippen LogP contribution in [-0.2, 0) is 7.05 Å². The fourth-order valence-electron chi connectivity index (χ4n) is 1.85. The molecule has 0 N–H and O–H groups in total. The van der Waals surface area contributed by atoms with Crippen molar-refractivity contribution in [2.45, 2.75) is 0 Å². The van der Waals surface area contributed by atoms with Crippen molar-refractivity contribution in [1.29, 1.82) is 0 Å². The molecule has 3 aromatic rings. The summed E-state index contributed by atoms with van der Waals surface area (Å²) in [6.07, 6.45) is 3.41. The van der Waals surface area contributed by atoms with Gasteiger partial charge in [-0.15, -0.1) is 0 Å². The molecule has 3 rings (SSSR count). The molecule has 5 heteroatoms. The molecule has 0 aromatic carbocycles. The first-order valence-corrected chi connectivity index (χ1v) is 6.15. The van der Waals surface area contributed by atoms with E-state index in [1.54, 1.807) is 37.6 Å². The fraction of sp³-hybridized carbons (Fsp3) is 0.0769. The summed E-state index contributed by atoms with van der Waals surface area (Å²) in [4.78, 5) is 16.2. The maximum atomic E-state index is 12.1. The lowest BCUT2D eigenvalue weighted by Gasteiger charge is -2.01. The highest BCUT2D eigenvalue weighted by Gasteiger charge is 2.12. The van der Waals surface area contributed by atoms with E-state index in [-0.39, 0.29) is 5.56 Å². The molecule has 0 aliphatic heterocycles. The van der Waals surface area contributed by atoms with Crippen LogP contribution in [-0.4, -0.2) is 9.55 Å². The summed E-state index contributed by atoms with van der Waals surface area (Å²) in [5, 5.41) is 0. The van der Waals surface area contributed by atoms with Gasteiger partial charge in [-0.25, -0.2) is 0 Å². The molecule has 0 radical (unpaired) electrons. The van der Waals surface area contributed by atoms with Crippen molar-refractivity contribution >= 4 is 27.0 Å². The first kappa shape index (κ1) is 11.2. The number of rotatable bonds is 1. The lowest BCUT2D eigenvalue weighted by atomic mass is 10.2. The van der Waals surface area contributed by atoms with E-state index in [1.165, 1.54) is 4.57 Å². The van der Waals surface area contributed by atoms with Crippen LogP contribution in [0.25, 0.3) is 22.4 Å². The Morgan fingerprint density at radius 3 is 3.00 bits per heavy atom. The van der Waals surface area contributed by atoms with E-state index in [2.05, 4.69) is 20.9 Å². The highest BCUT2D eigenvalue weighted by atomic mass is 79.9. The second kappa shape index (κ2) is 4.10. The molecule has 0 atom stereocenters. The molecular formula is C13H9BrN2O2. The van der Waals surface area contributed by atoms with Crippen LogP contribution >= 0.6 is 15.9 Å². The van der Waals surface area contributed by atoms with Gasteiger partial charge < -0.3 is 8.98 Å². The molecule has 0 unspecified atom stereocenters. The van der Waals surface area contributed by atoms with Gasteiger partial charge in [-0.1, -0.05) is 0 Å². The fourth-order valence-corrected chi connectivity index (χ4v) is 2.39. The topological polar surface area (TPSA) is 48.0 Å². The van der Waals surface area contributed by atoms with Crippen LogP contribution in [0.1, 0.15) is 0 Å². The summed E-state index contributed by atoms with van der Waals surface area (Å²) in [5.74, 6) is 0.533. The number of aromatic nitrogens is 2. The normalized spacial score (nSPS) is 11.0. The summed E-state index contributed by atoms with van der Waals surface area (Å²) in [6, 6.07) is 7.15. The number of hydrogen-bond acceptors (Lipinski definition) is 3. The van der Waals surface area contributed by atoms with Crippen molar-refractivity contribution < 1.29 is 4.42 Å². The zero-order valence-electron chi connectivity index (χ0n) is 9.55. The van der Waals surface area contributed by atoms with E-state index < -0.39 is 0 Å². The average molecular weight is 305 g/mol. The largest absolute Gasteiger partial charge is 0.454 e. The zero-order valence-corrected chi connectivity index (χ0v) is 11.1. The molecule has 0 spiro atoms. The van der Waals surface area contributed by atoms with Crippen LogP contribution in [0, 0.1) is 0 Å². The molecule has 18 heavy (non-hydrogen) atoms. The van der Waals surface area contributed by atoms with Crippen LogP contribution < -0.4 is 5.56 Å². The van der Waals surface area contributed by atoms with Gasteiger partial charge in [-0.05, 0) is 34.1 Å². The minimum atomic E-state index is -0.0998. The number of nitrogens with zero attached hydrogens (tertiary/aromatic N) is 2. The minimum Gasteiger partial charge on any atom is -0.454 e. The van der Waals surface area contributed by atoms with E-state index in [9.17, 15) is 4.79 Å². The second-order valence-electron chi connectivity index (χ2n) is 3.99. The van der Waals surface area contributed by atoms with Crippen molar-refractivity contribution in [2.24, 2.45) is 7.05 Å². The predicted molar refractivity (Wildman–Crippen MR) is 72.4 cm³/mol. The molecule has 0 saturated heterocycles. The van der Waals surface area contributed by atoms with Crippen molar-refractivity contribution in [2.75, 3.05) is 0 Å². The Bertz CT molecular complexity index is 756. The van der Waals surface area contributed by atoms with E-state index in [0.29, 0.717) is 16.9 Å². The van der Waals surface area contributed by atoms with E-state index in [0.717, 1.165) is 9.99 Å². The van der Waals surface area contributed by atoms with Crippen molar-refractivity contribution in [1.82, 2.24) is 9.55 Å². The number of aryl methyl sites for hydroxylation is 1. The SMILES string of the molecule is Cn1cc(Br)cc(-c2cc3ncccc3o2)c1=O. The number of hydrogen-bond donors (Lipinski definition) is 0.